The number of nitrogens with one attached hydrogen (secondary N) is 1. The third kappa shape index (κ3) is 2.97. The van der Waals surface area contributed by atoms with E-state index in [4.69, 9.17) is 15.4 Å². The number of oxime groups is 1. The molecular formula is C14H16FN3O2. The predicted octanol–water partition coefficient (Wildman–Crippen LogP) is 2.36. The van der Waals surface area contributed by atoms with Crippen molar-refractivity contribution in [1.29, 1.82) is 0 Å². The highest BCUT2D eigenvalue weighted by molar-refractivity contribution is 5.97. The Morgan fingerprint density at radius 2 is 2.25 bits per heavy atom. The van der Waals surface area contributed by atoms with Gasteiger partial charge in [-0.1, -0.05) is 17.3 Å². The second-order valence-corrected chi connectivity index (χ2v) is 4.38. The fraction of sp³-hybridized carbons (Fsp3) is 0.214. The minimum Gasteiger partial charge on any atom is -0.468 e. The molecule has 0 spiro atoms. The van der Waals surface area contributed by atoms with Crippen molar-refractivity contribution in [3.8, 4) is 0 Å². The molecule has 4 N–H and O–H groups in total. The summed E-state index contributed by atoms with van der Waals surface area (Å²) in [5, 5.41) is 14.6. The molecule has 0 aliphatic heterocycles. The molecular weight excluding hydrogens is 261 g/mol. The highest BCUT2D eigenvalue weighted by Gasteiger charge is 2.13. The molecule has 0 amide bonds. The lowest BCUT2D eigenvalue weighted by Gasteiger charge is -2.13. The molecule has 2 rings (SSSR count). The van der Waals surface area contributed by atoms with Gasteiger partial charge in [0, 0.05) is 12.1 Å². The summed E-state index contributed by atoms with van der Waals surface area (Å²) in [7, 11) is 0. The lowest BCUT2D eigenvalue weighted by molar-refractivity contribution is 0.318. The van der Waals surface area contributed by atoms with Crippen molar-refractivity contribution in [2.45, 2.75) is 19.5 Å². The number of benzene rings is 1. The Kier molecular flexibility index (Phi) is 4.37. The van der Waals surface area contributed by atoms with E-state index < -0.39 is 5.82 Å². The topological polar surface area (TPSA) is 83.8 Å². The smallest absolute Gasteiger partial charge is 0.173 e. The maximum atomic E-state index is 14.2. The fourth-order valence-electron chi connectivity index (χ4n) is 1.87. The van der Waals surface area contributed by atoms with Crippen molar-refractivity contribution >= 4 is 5.84 Å². The number of hydrogen-bond donors (Lipinski definition) is 3. The van der Waals surface area contributed by atoms with Gasteiger partial charge in [0.1, 0.15) is 11.6 Å². The van der Waals surface area contributed by atoms with Crippen LogP contribution in [0.2, 0.25) is 0 Å². The van der Waals surface area contributed by atoms with Crippen LogP contribution in [-0.4, -0.2) is 11.0 Å². The number of amidine groups is 1. The standard InChI is InChI=1S/C14H16FN3O2/c1-9(12-6-3-7-20-12)17-8-10-4-2-5-11(13(10)15)14(16)18-19/h2-7,9,17,19H,8H2,1H3,(H2,16,18). The van der Waals surface area contributed by atoms with Gasteiger partial charge in [-0.15, -0.1) is 0 Å². The third-order valence-corrected chi connectivity index (χ3v) is 3.03. The van der Waals surface area contributed by atoms with Crippen LogP contribution in [0, 0.1) is 5.82 Å². The molecule has 106 valence electrons. The minimum absolute atomic E-state index is 0.0445. The van der Waals surface area contributed by atoms with Crippen LogP contribution in [0.15, 0.2) is 46.2 Å². The van der Waals surface area contributed by atoms with E-state index in [0.717, 1.165) is 5.76 Å². The van der Waals surface area contributed by atoms with E-state index in [2.05, 4.69) is 10.5 Å². The van der Waals surface area contributed by atoms with Gasteiger partial charge in [0.15, 0.2) is 5.84 Å². The summed E-state index contributed by atoms with van der Waals surface area (Å²) in [6, 6.07) is 8.37. The van der Waals surface area contributed by atoms with Crippen LogP contribution in [0.5, 0.6) is 0 Å². The Hall–Kier alpha value is -2.34. The molecule has 1 heterocycles. The lowest BCUT2D eigenvalue weighted by Crippen LogP contribution is -2.20. The van der Waals surface area contributed by atoms with E-state index in [1.165, 1.54) is 6.07 Å². The Morgan fingerprint density at radius 3 is 2.90 bits per heavy atom. The Balaban J connectivity index is 2.10. The van der Waals surface area contributed by atoms with Crippen molar-refractivity contribution in [2.75, 3.05) is 0 Å². The first-order valence-corrected chi connectivity index (χ1v) is 6.15. The summed E-state index contributed by atoms with van der Waals surface area (Å²) in [5.74, 6) is 0.0309. The molecule has 1 aromatic heterocycles. The van der Waals surface area contributed by atoms with E-state index >= 15 is 0 Å². The van der Waals surface area contributed by atoms with Crippen LogP contribution < -0.4 is 11.1 Å². The number of nitrogens with two attached hydrogens (primary N) is 1. The first kappa shape index (κ1) is 14.1. The van der Waals surface area contributed by atoms with E-state index in [0.29, 0.717) is 12.1 Å². The predicted molar refractivity (Wildman–Crippen MR) is 72.9 cm³/mol. The molecule has 0 saturated carbocycles. The van der Waals surface area contributed by atoms with Gasteiger partial charge >= 0.3 is 0 Å². The van der Waals surface area contributed by atoms with Gasteiger partial charge in [0.05, 0.1) is 17.9 Å². The first-order valence-electron chi connectivity index (χ1n) is 6.15. The average Bonchev–Trinajstić information content (AvgIpc) is 2.99. The van der Waals surface area contributed by atoms with Gasteiger partial charge < -0.3 is 20.7 Å². The number of nitrogens with zero attached hydrogens (tertiary/aromatic N) is 1. The number of hydrogen-bond acceptors (Lipinski definition) is 4. The van der Waals surface area contributed by atoms with Crippen molar-refractivity contribution < 1.29 is 14.0 Å². The summed E-state index contributed by atoms with van der Waals surface area (Å²) < 4.78 is 19.4. The number of furan rings is 1. The maximum absolute atomic E-state index is 14.2. The molecule has 20 heavy (non-hydrogen) atoms. The van der Waals surface area contributed by atoms with Gasteiger partial charge in [-0.3, -0.25) is 0 Å². The van der Waals surface area contributed by atoms with Gasteiger partial charge in [-0.05, 0) is 25.1 Å². The van der Waals surface area contributed by atoms with Gasteiger partial charge in [-0.25, -0.2) is 4.39 Å². The maximum Gasteiger partial charge on any atom is 0.173 e. The van der Waals surface area contributed by atoms with E-state index in [9.17, 15) is 4.39 Å². The Bertz CT molecular complexity index is 596. The first-order chi connectivity index (χ1) is 9.63. The number of rotatable bonds is 5. The quantitative estimate of drug-likeness (QED) is 0.339. The number of halogens is 1. The molecule has 6 heteroatoms. The Morgan fingerprint density at radius 1 is 1.45 bits per heavy atom. The summed E-state index contributed by atoms with van der Waals surface area (Å²) in [4.78, 5) is 0. The molecule has 0 aliphatic carbocycles. The molecule has 0 radical (unpaired) electrons. The minimum atomic E-state index is -0.498. The van der Waals surface area contributed by atoms with Crippen molar-refractivity contribution in [1.82, 2.24) is 5.32 Å². The van der Waals surface area contributed by atoms with E-state index in [-0.39, 0.29) is 17.4 Å². The zero-order chi connectivity index (χ0) is 14.5. The van der Waals surface area contributed by atoms with Gasteiger partial charge in [0.25, 0.3) is 0 Å². The van der Waals surface area contributed by atoms with E-state index in [1.807, 2.05) is 13.0 Å². The normalized spacial score (nSPS) is 13.4. The van der Waals surface area contributed by atoms with Crippen molar-refractivity contribution in [3.05, 3.63) is 59.3 Å². The van der Waals surface area contributed by atoms with Crippen LogP contribution in [0.25, 0.3) is 0 Å². The summed E-state index contributed by atoms with van der Waals surface area (Å²) in [5.41, 5.74) is 5.94. The summed E-state index contributed by atoms with van der Waals surface area (Å²) in [6.45, 7) is 2.23. The molecule has 0 fully saturated rings. The highest BCUT2D eigenvalue weighted by Crippen LogP contribution is 2.16. The molecule has 5 nitrogen and oxygen atoms in total. The second kappa shape index (κ2) is 6.21. The molecule has 1 aromatic carbocycles. The highest BCUT2D eigenvalue weighted by atomic mass is 19.1. The fourth-order valence-corrected chi connectivity index (χ4v) is 1.87. The van der Waals surface area contributed by atoms with Crippen LogP contribution in [0.3, 0.4) is 0 Å². The van der Waals surface area contributed by atoms with Crippen LogP contribution in [-0.2, 0) is 6.54 Å². The second-order valence-electron chi connectivity index (χ2n) is 4.38. The molecule has 2 aromatic rings. The SMILES string of the molecule is CC(NCc1cccc(/C(N)=N/O)c1F)c1ccco1. The van der Waals surface area contributed by atoms with E-state index in [1.54, 1.807) is 24.5 Å². The largest absolute Gasteiger partial charge is 0.468 e. The summed E-state index contributed by atoms with van der Waals surface area (Å²) >= 11 is 0. The summed E-state index contributed by atoms with van der Waals surface area (Å²) in [6.07, 6.45) is 1.59. The zero-order valence-corrected chi connectivity index (χ0v) is 11.0. The Labute approximate surface area is 115 Å². The van der Waals surface area contributed by atoms with Gasteiger partial charge in [0.2, 0.25) is 0 Å². The van der Waals surface area contributed by atoms with Crippen molar-refractivity contribution in [2.24, 2.45) is 10.9 Å². The molecule has 0 aliphatic rings. The molecule has 0 bridgehead atoms. The third-order valence-electron chi connectivity index (χ3n) is 3.03. The van der Waals surface area contributed by atoms with Crippen LogP contribution >= 0.6 is 0 Å². The van der Waals surface area contributed by atoms with Crippen LogP contribution in [0.1, 0.15) is 29.9 Å². The van der Waals surface area contributed by atoms with Crippen LogP contribution in [0.4, 0.5) is 4.39 Å². The zero-order valence-electron chi connectivity index (χ0n) is 11.0. The lowest BCUT2D eigenvalue weighted by atomic mass is 10.1. The van der Waals surface area contributed by atoms with Gasteiger partial charge in [-0.2, -0.15) is 0 Å². The molecule has 0 saturated heterocycles. The average molecular weight is 277 g/mol. The monoisotopic (exact) mass is 277 g/mol. The molecule has 1 atom stereocenters. The molecule has 1 unspecified atom stereocenters. The van der Waals surface area contributed by atoms with Crippen molar-refractivity contribution in [3.63, 3.8) is 0 Å².